The Morgan fingerprint density at radius 3 is 2.44 bits per heavy atom. The minimum absolute atomic E-state index is 0. The molecule has 1 aromatic rings. The van der Waals surface area contributed by atoms with Crippen LogP contribution in [0.3, 0.4) is 0 Å². The molecule has 0 N–H and O–H groups in total. The van der Waals surface area contributed by atoms with E-state index in [4.69, 9.17) is 0 Å². The highest BCUT2D eigenvalue weighted by Crippen LogP contribution is 2.28. The third-order valence-electron chi connectivity index (χ3n) is 5.44. The van der Waals surface area contributed by atoms with Crippen LogP contribution in [0.15, 0.2) is 18.5 Å². The van der Waals surface area contributed by atoms with Gasteiger partial charge in [0.2, 0.25) is 17.8 Å². The van der Waals surface area contributed by atoms with E-state index in [1.165, 1.54) is 4.90 Å². The SMILES string of the molecule is Cl.O=C1CCC(=O)N1CC1CCC2CN(c3ncccn3)CCN2C1. The van der Waals surface area contributed by atoms with Crippen molar-refractivity contribution in [3.05, 3.63) is 18.5 Å². The Morgan fingerprint density at radius 2 is 1.72 bits per heavy atom. The number of piperidine rings is 1. The van der Waals surface area contributed by atoms with Crippen molar-refractivity contribution in [1.29, 1.82) is 0 Å². The quantitative estimate of drug-likeness (QED) is 0.743. The van der Waals surface area contributed by atoms with Gasteiger partial charge in [0, 0.05) is 64.0 Å². The highest BCUT2D eigenvalue weighted by Gasteiger charge is 2.37. The minimum atomic E-state index is 0. The average Bonchev–Trinajstić information content (AvgIpc) is 2.94. The first-order valence-corrected chi connectivity index (χ1v) is 8.80. The molecule has 7 nitrogen and oxygen atoms in total. The Morgan fingerprint density at radius 1 is 1.00 bits per heavy atom. The smallest absolute Gasteiger partial charge is 0.229 e. The lowest BCUT2D eigenvalue weighted by Gasteiger charge is -2.46. The molecule has 4 heterocycles. The van der Waals surface area contributed by atoms with Gasteiger partial charge in [-0.3, -0.25) is 19.4 Å². The number of carbonyl (C=O) groups is 2. The molecule has 3 aliphatic rings. The van der Waals surface area contributed by atoms with Gasteiger partial charge in [0.1, 0.15) is 0 Å². The van der Waals surface area contributed by atoms with Crippen LogP contribution in [-0.4, -0.2) is 70.3 Å². The number of piperazine rings is 1. The molecule has 3 saturated heterocycles. The van der Waals surface area contributed by atoms with Crippen LogP contribution in [0.1, 0.15) is 25.7 Å². The summed E-state index contributed by atoms with van der Waals surface area (Å²) in [5.41, 5.74) is 0. The molecule has 0 radical (unpaired) electrons. The molecule has 0 aromatic carbocycles. The fraction of sp³-hybridized carbons (Fsp3) is 0.647. The van der Waals surface area contributed by atoms with Gasteiger partial charge in [0.05, 0.1) is 0 Å². The van der Waals surface area contributed by atoms with E-state index in [1.807, 2.05) is 6.07 Å². The van der Waals surface area contributed by atoms with Gasteiger partial charge in [-0.2, -0.15) is 0 Å². The molecule has 3 fully saturated rings. The summed E-state index contributed by atoms with van der Waals surface area (Å²) in [5, 5.41) is 0. The molecule has 136 valence electrons. The van der Waals surface area contributed by atoms with Crippen molar-refractivity contribution in [3.8, 4) is 0 Å². The molecule has 3 aliphatic heterocycles. The number of hydrogen-bond acceptors (Lipinski definition) is 6. The van der Waals surface area contributed by atoms with Gasteiger partial charge in [-0.05, 0) is 24.8 Å². The molecule has 0 aliphatic carbocycles. The van der Waals surface area contributed by atoms with Crippen molar-refractivity contribution >= 4 is 30.2 Å². The molecule has 0 spiro atoms. The molecular weight excluding hydrogens is 342 g/mol. The molecular formula is C17H24ClN5O2. The number of hydrogen-bond donors (Lipinski definition) is 0. The van der Waals surface area contributed by atoms with E-state index >= 15 is 0 Å². The van der Waals surface area contributed by atoms with Crippen molar-refractivity contribution in [3.63, 3.8) is 0 Å². The summed E-state index contributed by atoms with van der Waals surface area (Å²) in [7, 11) is 0. The maximum absolute atomic E-state index is 11.8. The minimum Gasteiger partial charge on any atom is -0.338 e. The number of rotatable bonds is 3. The van der Waals surface area contributed by atoms with Crippen molar-refractivity contribution in [1.82, 2.24) is 19.8 Å². The zero-order valence-corrected chi connectivity index (χ0v) is 15.0. The van der Waals surface area contributed by atoms with E-state index in [0.29, 0.717) is 31.3 Å². The number of likely N-dealkylation sites (tertiary alicyclic amines) is 1. The van der Waals surface area contributed by atoms with Crippen LogP contribution in [0.25, 0.3) is 0 Å². The molecule has 4 rings (SSSR count). The lowest BCUT2D eigenvalue weighted by molar-refractivity contribution is -0.139. The lowest BCUT2D eigenvalue weighted by Crippen LogP contribution is -2.57. The number of anilines is 1. The summed E-state index contributed by atoms with van der Waals surface area (Å²) in [5.74, 6) is 1.24. The van der Waals surface area contributed by atoms with Gasteiger partial charge < -0.3 is 4.90 Å². The molecule has 8 heteroatoms. The summed E-state index contributed by atoms with van der Waals surface area (Å²) < 4.78 is 0. The third-order valence-corrected chi connectivity index (χ3v) is 5.44. The monoisotopic (exact) mass is 365 g/mol. The van der Waals surface area contributed by atoms with Crippen LogP contribution >= 0.6 is 12.4 Å². The number of amides is 2. The van der Waals surface area contributed by atoms with Gasteiger partial charge in [-0.1, -0.05) is 0 Å². The zero-order valence-electron chi connectivity index (χ0n) is 14.2. The second-order valence-corrected chi connectivity index (χ2v) is 6.99. The first kappa shape index (κ1) is 18.1. The normalized spacial score (nSPS) is 27.2. The zero-order chi connectivity index (χ0) is 16.5. The second-order valence-electron chi connectivity index (χ2n) is 6.99. The Bertz CT molecular complexity index is 613. The van der Waals surface area contributed by atoms with Gasteiger partial charge in [-0.15, -0.1) is 12.4 Å². The molecule has 2 amide bonds. The Hall–Kier alpha value is -1.73. The van der Waals surface area contributed by atoms with Gasteiger partial charge in [0.25, 0.3) is 0 Å². The number of carbonyl (C=O) groups excluding carboxylic acids is 2. The predicted molar refractivity (Wildman–Crippen MR) is 95.5 cm³/mol. The topological polar surface area (TPSA) is 69.6 Å². The average molecular weight is 366 g/mol. The van der Waals surface area contributed by atoms with E-state index in [0.717, 1.165) is 45.0 Å². The van der Waals surface area contributed by atoms with Gasteiger partial charge in [-0.25, -0.2) is 9.97 Å². The fourth-order valence-corrected chi connectivity index (χ4v) is 4.13. The summed E-state index contributed by atoms with van der Waals surface area (Å²) in [6, 6.07) is 2.36. The van der Waals surface area contributed by atoms with Crippen molar-refractivity contribution < 1.29 is 9.59 Å². The summed E-state index contributed by atoms with van der Waals surface area (Å²) >= 11 is 0. The van der Waals surface area contributed by atoms with Crippen LogP contribution in [0.5, 0.6) is 0 Å². The van der Waals surface area contributed by atoms with E-state index < -0.39 is 0 Å². The lowest BCUT2D eigenvalue weighted by atomic mass is 9.90. The van der Waals surface area contributed by atoms with Crippen molar-refractivity contribution in [2.75, 3.05) is 37.6 Å². The molecule has 0 saturated carbocycles. The van der Waals surface area contributed by atoms with Crippen LogP contribution in [0.4, 0.5) is 5.95 Å². The fourth-order valence-electron chi connectivity index (χ4n) is 4.13. The Labute approximate surface area is 153 Å². The first-order valence-electron chi connectivity index (χ1n) is 8.80. The van der Waals surface area contributed by atoms with Crippen LogP contribution in [-0.2, 0) is 9.59 Å². The Kier molecular flexibility index (Phi) is 5.54. The molecule has 1 aromatic heterocycles. The number of aromatic nitrogens is 2. The number of fused-ring (bicyclic) bond motifs is 1. The summed E-state index contributed by atoms with van der Waals surface area (Å²) in [6.45, 7) is 4.45. The van der Waals surface area contributed by atoms with Crippen LogP contribution in [0.2, 0.25) is 0 Å². The second kappa shape index (κ2) is 7.66. The molecule has 2 atom stereocenters. The third kappa shape index (κ3) is 3.77. The maximum Gasteiger partial charge on any atom is 0.229 e. The van der Waals surface area contributed by atoms with E-state index in [1.54, 1.807) is 12.4 Å². The van der Waals surface area contributed by atoms with Gasteiger partial charge in [0.15, 0.2) is 0 Å². The van der Waals surface area contributed by atoms with Crippen molar-refractivity contribution in [2.24, 2.45) is 5.92 Å². The largest absolute Gasteiger partial charge is 0.338 e. The maximum atomic E-state index is 11.8. The molecule has 2 unspecified atom stereocenters. The van der Waals surface area contributed by atoms with Crippen LogP contribution in [0, 0.1) is 5.92 Å². The molecule has 0 bridgehead atoms. The van der Waals surface area contributed by atoms with E-state index in [2.05, 4.69) is 19.8 Å². The highest BCUT2D eigenvalue weighted by atomic mass is 35.5. The standard InChI is InChI=1S/C17H23N5O2.ClH/c23-15-4-5-16(24)22(15)11-13-2-3-14-12-21(9-8-20(14)10-13)17-18-6-1-7-19-17;/h1,6-7,13-14H,2-5,8-12H2;1H. The van der Waals surface area contributed by atoms with E-state index in [9.17, 15) is 9.59 Å². The number of nitrogens with zero attached hydrogens (tertiary/aromatic N) is 5. The molecule has 25 heavy (non-hydrogen) atoms. The van der Waals surface area contributed by atoms with Crippen LogP contribution < -0.4 is 4.90 Å². The summed E-state index contributed by atoms with van der Waals surface area (Å²) in [6.07, 6.45) is 6.53. The number of imide groups is 1. The number of halogens is 1. The Balaban J connectivity index is 0.00000182. The van der Waals surface area contributed by atoms with Gasteiger partial charge >= 0.3 is 0 Å². The van der Waals surface area contributed by atoms with Crippen molar-refractivity contribution in [2.45, 2.75) is 31.7 Å². The first-order chi connectivity index (χ1) is 11.7. The predicted octanol–water partition coefficient (Wildman–Crippen LogP) is 0.948. The van der Waals surface area contributed by atoms with E-state index in [-0.39, 0.29) is 24.2 Å². The highest BCUT2D eigenvalue weighted by molar-refractivity contribution is 6.01. The summed E-state index contributed by atoms with van der Waals surface area (Å²) in [4.78, 5) is 38.6.